The zero-order chi connectivity index (χ0) is 18.2. The van der Waals surface area contributed by atoms with Gasteiger partial charge in [0.15, 0.2) is 6.79 Å². The first-order valence-electron chi connectivity index (χ1n) is 7.86. The van der Waals surface area contributed by atoms with Gasteiger partial charge in [-0.05, 0) is 12.5 Å². The molecule has 1 aliphatic rings. The molecule has 1 aromatic heterocycles. The number of carbonyl (C=O) groups excluding carboxylic acids is 2. The molecule has 1 fully saturated rings. The predicted molar refractivity (Wildman–Crippen MR) is 91.0 cm³/mol. The van der Waals surface area contributed by atoms with Crippen LogP contribution in [0.4, 0.5) is 5.82 Å². The maximum Gasteiger partial charge on any atom is 0.351 e. The second-order valence-corrected chi connectivity index (χ2v) is 6.48. The van der Waals surface area contributed by atoms with Crippen molar-refractivity contribution in [3.8, 4) is 0 Å². The van der Waals surface area contributed by atoms with E-state index >= 15 is 0 Å². The van der Waals surface area contributed by atoms with E-state index in [1.807, 2.05) is 6.92 Å². The van der Waals surface area contributed by atoms with Gasteiger partial charge in [-0.25, -0.2) is 4.79 Å². The lowest BCUT2D eigenvalue weighted by atomic mass is 10.3. The van der Waals surface area contributed by atoms with Crippen LogP contribution in [-0.2, 0) is 23.8 Å². The van der Waals surface area contributed by atoms with E-state index in [0.29, 0.717) is 12.2 Å². The fraction of sp³-hybridized carbons (Fsp3) is 0.600. The molecule has 2 heterocycles. The number of amides is 1. The van der Waals surface area contributed by atoms with Crippen molar-refractivity contribution in [1.82, 2.24) is 9.55 Å². The van der Waals surface area contributed by atoms with Crippen molar-refractivity contribution in [2.75, 3.05) is 24.5 Å². The number of esters is 1. The average molecular weight is 371 g/mol. The fourth-order valence-corrected chi connectivity index (χ4v) is 3.10. The lowest BCUT2D eigenvalue weighted by molar-refractivity contribution is -0.158. The Balaban J connectivity index is 1.79. The average Bonchev–Trinajstić information content (AvgIpc) is 3.00. The van der Waals surface area contributed by atoms with E-state index in [-0.39, 0.29) is 36.5 Å². The minimum atomic E-state index is -0.507. The Hall–Kier alpha value is -1.91. The Bertz CT molecular complexity index is 665. The first-order chi connectivity index (χ1) is 12.0. The normalized spacial score (nSPS) is 19.6. The van der Waals surface area contributed by atoms with Crippen LogP contribution in [0.3, 0.4) is 0 Å². The van der Waals surface area contributed by atoms with E-state index < -0.39 is 11.9 Å². The molecule has 0 unspecified atom stereocenters. The summed E-state index contributed by atoms with van der Waals surface area (Å²) in [5, 5.41) is 2.45. The highest BCUT2D eigenvalue weighted by molar-refractivity contribution is 8.00. The molecule has 0 aromatic carbocycles. The summed E-state index contributed by atoms with van der Waals surface area (Å²) in [5.41, 5.74) is -0.774. The molecular formula is C15H21N3O6S. The second-order valence-electron chi connectivity index (χ2n) is 5.29. The molecule has 138 valence electrons. The van der Waals surface area contributed by atoms with Gasteiger partial charge in [0.05, 0.1) is 6.61 Å². The van der Waals surface area contributed by atoms with Crippen molar-refractivity contribution in [2.45, 2.75) is 38.4 Å². The smallest absolute Gasteiger partial charge is 0.351 e. The molecule has 1 aliphatic heterocycles. The number of nitrogens with one attached hydrogen (secondary N) is 1. The van der Waals surface area contributed by atoms with Gasteiger partial charge in [0, 0.05) is 25.3 Å². The van der Waals surface area contributed by atoms with Gasteiger partial charge in [0.2, 0.25) is 5.91 Å². The van der Waals surface area contributed by atoms with Crippen molar-refractivity contribution in [2.24, 2.45) is 0 Å². The second kappa shape index (κ2) is 9.54. The fourth-order valence-electron chi connectivity index (χ4n) is 2.09. The van der Waals surface area contributed by atoms with E-state index in [1.165, 1.54) is 35.5 Å². The maximum atomic E-state index is 12.0. The summed E-state index contributed by atoms with van der Waals surface area (Å²) in [4.78, 5) is 38.0. The van der Waals surface area contributed by atoms with Crippen LogP contribution in [0.25, 0.3) is 0 Å². The molecule has 9 nitrogen and oxygen atoms in total. The summed E-state index contributed by atoms with van der Waals surface area (Å²) in [5.74, 6) is 0.171. The third kappa shape index (κ3) is 6.15. The summed E-state index contributed by atoms with van der Waals surface area (Å²) in [6, 6.07) is 1.54. The van der Waals surface area contributed by atoms with Crippen LogP contribution in [0.5, 0.6) is 0 Å². The molecule has 25 heavy (non-hydrogen) atoms. The van der Waals surface area contributed by atoms with Gasteiger partial charge in [0.25, 0.3) is 0 Å². The molecule has 2 rings (SSSR count). The van der Waals surface area contributed by atoms with Gasteiger partial charge in [-0.1, -0.05) is 6.92 Å². The third-order valence-electron chi connectivity index (χ3n) is 3.19. The van der Waals surface area contributed by atoms with Gasteiger partial charge in [-0.3, -0.25) is 14.2 Å². The van der Waals surface area contributed by atoms with E-state index in [4.69, 9.17) is 14.2 Å². The zero-order valence-electron chi connectivity index (χ0n) is 14.1. The molecule has 1 N–H and O–H groups in total. The van der Waals surface area contributed by atoms with E-state index in [1.54, 1.807) is 0 Å². The molecule has 10 heteroatoms. The Morgan fingerprint density at radius 2 is 2.32 bits per heavy atom. The number of hydrogen-bond donors (Lipinski definition) is 1. The molecule has 1 aromatic rings. The third-order valence-corrected chi connectivity index (χ3v) is 4.29. The topological polar surface area (TPSA) is 109 Å². The van der Waals surface area contributed by atoms with Crippen molar-refractivity contribution in [3.63, 3.8) is 0 Å². The minimum Gasteiger partial charge on any atom is -0.438 e. The monoisotopic (exact) mass is 371 g/mol. The Morgan fingerprint density at radius 1 is 1.52 bits per heavy atom. The highest BCUT2D eigenvalue weighted by atomic mass is 32.2. The summed E-state index contributed by atoms with van der Waals surface area (Å²) < 4.78 is 17.3. The highest BCUT2D eigenvalue weighted by Gasteiger charge is 2.28. The van der Waals surface area contributed by atoms with Crippen molar-refractivity contribution in [3.05, 3.63) is 22.7 Å². The van der Waals surface area contributed by atoms with Crippen LogP contribution in [-0.4, -0.2) is 46.0 Å². The first-order valence-corrected chi connectivity index (χ1v) is 8.91. The molecule has 0 spiro atoms. The number of aromatic nitrogens is 2. The van der Waals surface area contributed by atoms with Crippen molar-refractivity contribution in [1.29, 1.82) is 0 Å². The summed E-state index contributed by atoms with van der Waals surface area (Å²) in [6.07, 6.45) is 2.16. The van der Waals surface area contributed by atoms with Gasteiger partial charge in [0.1, 0.15) is 17.5 Å². The summed E-state index contributed by atoms with van der Waals surface area (Å²) >= 11 is 1.49. The highest BCUT2D eigenvalue weighted by Crippen LogP contribution is 2.31. The molecule has 0 bridgehead atoms. The number of thioether (sulfide) groups is 1. The van der Waals surface area contributed by atoms with Crippen LogP contribution in [0.15, 0.2) is 17.1 Å². The number of ether oxygens (including phenoxy) is 3. The SMILES string of the molecule is CCCC(=O)OCOC[C@H]1O[C@@H](n2ccc(NC(C)=O)nc2=O)CS1. The van der Waals surface area contributed by atoms with Crippen LogP contribution >= 0.6 is 11.8 Å². The first kappa shape index (κ1) is 19.4. The van der Waals surface area contributed by atoms with Gasteiger partial charge >= 0.3 is 11.7 Å². The lowest BCUT2D eigenvalue weighted by Crippen LogP contribution is -2.29. The molecule has 1 amide bonds. The molecular weight excluding hydrogens is 350 g/mol. The Kier molecular flexibility index (Phi) is 7.41. The van der Waals surface area contributed by atoms with Crippen LogP contribution in [0.2, 0.25) is 0 Å². The largest absolute Gasteiger partial charge is 0.438 e. The van der Waals surface area contributed by atoms with Crippen LogP contribution in [0.1, 0.15) is 32.9 Å². The minimum absolute atomic E-state index is 0.114. The molecule has 2 atom stereocenters. The molecule has 0 saturated carbocycles. The summed E-state index contributed by atoms with van der Waals surface area (Å²) in [6.45, 7) is 3.36. The van der Waals surface area contributed by atoms with E-state index in [0.717, 1.165) is 6.42 Å². The van der Waals surface area contributed by atoms with Crippen LogP contribution < -0.4 is 11.0 Å². The quantitative estimate of drug-likeness (QED) is 0.411. The number of rotatable bonds is 8. The molecule has 0 radical (unpaired) electrons. The zero-order valence-corrected chi connectivity index (χ0v) is 14.9. The van der Waals surface area contributed by atoms with E-state index in [2.05, 4.69) is 10.3 Å². The number of anilines is 1. The maximum absolute atomic E-state index is 12.0. The van der Waals surface area contributed by atoms with Gasteiger partial charge < -0.3 is 19.5 Å². The molecule has 0 aliphatic carbocycles. The standard InChI is InChI=1S/C15H21N3O6S/c1-3-4-13(20)23-9-22-7-14-24-12(8-25-14)18-6-5-11(16-10(2)19)17-15(18)21/h5-6,12,14H,3-4,7-9H2,1-2H3,(H,16,17,19,21)/t12-,14+/m1/s1. The van der Waals surface area contributed by atoms with E-state index in [9.17, 15) is 14.4 Å². The number of carbonyl (C=O) groups is 2. The Labute approximate surface area is 149 Å². The lowest BCUT2D eigenvalue weighted by Gasteiger charge is -2.15. The Morgan fingerprint density at radius 3 is 3.00 bits per heavy atom. The van der Waals surface area contributed by atoms with Gasteiger partial charge in [-0.2, -0.15) is 4.98 Å². The van der Waals surface area contributed by atoms with Gasteiger partial charge in [-0.15, -0.1) is 11.8 Å². The van der Waals surface area contributed by atoms with Crippen molar-refractivity contribution < 1.29 is 23.8 Å². The number of hydrogen-bond acceptors (Lipinski definition) is 8. The van der Waals surface area contributed by atoms with Crippen LogP contribution in [0, 0.1) is 0 Å². The number of nitrogens with zero attached hydrogens (tertiary/aromatic N) is 2. The summed E-state index contributed by atoms with van der Waals surface area (Å²) in [7, 11) is 0. The molecule has 1 saturated heterocycles. The van der Waals surface area contributed by atoms with Crippen molar-refractivity contribution >= 4 is 29.5 Å². The predicted octanol–water partition coefficient (Wildman–Crippen LogP) is 1.11.